The first-order valence-electron chi connectivity index (χ1n) is 7.21. The molecule has 0 spiro atoms. The molecule has 2 heterocycles. The van der Waals surface area contributed by atoms with E-state index in [9.17, 15) is 0 Å². The summed E-state index contributed by atoms with van der Waals surface area (Å²) in [4.78, 5) is 4.47. The zero-order valence-corrected chi connectivity index (χ0v) is 12.1. The summed E-state index contributed by atoms with van der Waals surface area (Å²) in [5, 5.41) is 4.43. The van der Waals surface area contributed by atoms with E-state index in [1.165, 1.54) is 25.7 Å². The maximum Gasteiger partial charge on any atom is 0.202 e. The van der Waals surface area contributed by atoms with Gasteiger partial charge in [0.05, 0.1) is 5.69 Å². The number of hydrogen-bond acceptors (Lipinski definition) is 3. The summed E-state index contributed by atoms with van der Waals surface area (Å²) in [7, 11) is 1.97. The Kier molecular flexibility index (Phi) is 2.99. The first kappa shape index (κ1) is 12.5. The lowest BCUT2D eigenvalue weighted by molar-refractivity contribution is 0.267. The Morgan fingerprint density at radius 1 is 1.26 bits per heavy atom. The summed E-state index contributed by atoms with van der Waals surface area (Å²) in [5.41, 5.74) is 9.06. The standard InChI is InChI=1S/C14H23N5/c1-9-4-6-11(7-5-9)8-19-13-12(16-14(19)15)10(2)17-18(13)3/h9,11H,4-8H2,1-3H3,(H2,15,16). The van der Waals surface area contributed by atoms with Crippen LogP contribution in [0.25, 0.3) is 11.2 Å². The van der Waals surface area contributed by atoms with Gasteiger partial charge in [-0.3, -0.25) is 9.25 Å². The largest absolute Gasteiger partial charge is 0.369 e. The van der Waals surface area contributed by atoms with Crippen molar-refractivity contribution in [1.29, 1.82) is 0 Å². The predicted molar refractivity (Wildman–Crippen MR) is 76.8 cm³/mol. The Bertz CT molecular complexity index is 587. The molecule has 0 atom stereocenters. The molecule has 0 unspecified atom stereocenters. The lowest BCUT2D eigenvalue weighted by atomic mass is 9.83. The van der Waals surface area contributed by atoms with Crippen molar-refractivity contribution < 1.29 is 0 Å². The lowest BCUT2D eigenvalue weighted by Gasteiger charge is -2.26. The second-order valence-corrected chi connectivity index (χ2v) is 6.09. The van der Waals surface area contributed by atoms with Crippen molar-refractivity contribution in [1.82, 2.24) is 19.3 Å². The fourth-order valence-corrected chi connectivity index (χ4v) is 3.30. The number of fused-ring (bicyclic) bond motifs is 1. The zero-order chi connectivity index (χ0) is 13.6. The van der Waals surface area contributed by atoms with Crippen LogP contribution in [0, 0.1) is 18.8 Å². The third-order valence-electron chi connectivity index (χ3n) is 4.50. The van der Waals surface area contributed by atoms with Crippen LogP contribution in [0.3, 0.4) is 0 Å². The molecule has 1 aliphatic rings. The summed E-state index contributed by atoms with van der Waals surface area (Å²) >= 11 is 0. The maximum atomic E-state index is 6.09. The van der Waals surface area contributed by atoms with Gasteiger partial charge in [-0.2, -0.15) is 5.10 Å². The number of rotatable bonds is 2. The van der Waals surface area contributed by atoms with E-state index in [0.717, 1.165) is 35.2 Å². The summed E-state index contributed by atoms with van der Waals surface area (Å²) < 4.78 is 4.05. The van der Waals surface area contributed by atoms with Gasteiger partial charge in [-0.1, -0.05) is 19.8 Å². The summed E-state index contributed by atoms with van der Waals surface area (Å²) in [6.45, 7) is 5.32. The monoisotopic (exact) mass is 261 g/mol. The van der Waals surface area contributed by atoms with E-state index < -0.39 is 0 Å². The van der Waals surface area contributed by atoms with E-state index in [1.54, 1.807) is 0 Å². The Morgan fingerprint density at radius 2 is 1.95 bits per heavy atom. The summed E-state index contributed by atoms with van der Waals surface area (Å²) in [6, 6.07) is 0. The molecule has 5 heteroatoms. The van der Waals surface area contributed by atoms with Crippen molar-refractivity contribution in [2.24, 2.45) is 18.9 Å². The van der Waals surface area contributed by atoms with E-state index in [1.807, 2.05) is 18.7 Å². The fraction of sp³-hybridized carbons (Fsp3) is 0.714. The molecular weight excluding hydrogens is 238 g/mol. The van der Waals surface area contributed by atoms with Gasteiger partial charge in [0, 0.05) is 13.6 Å². The molecule has 0 aromatic carbocycles. The van der Waals surface area contributed by atoms with E-state index in [4.69, 9.17) is 5.73 Å². The molecule has 19 heavy (non-hydrogen) atoms. The fourth-order valence-electron chi connectivity index (χ4n) is 3.30. The normalized spacial score (nSPS) is 24.2. The molecule has 5 nitrogen and oxygen atoms in total. The van der Waals surface area contributed by atoms with Crippen molar-refractivity contribution in [3.8, 4) is 0 Å². The highest BCUT2D eigenvalue weighted by Crippen LogP contribution is 2.31. The Labute approximate surface area is 113 Å². The second kappa shape index (κ2) is 4.54. The lowest BCUT2D eigenvalue weighted by Crippen LogP contribution is -2.19. The molecule has 2 N–H and O–H groups in total. The van der Waals surface area contributed by atoms with E-state index >= 15 is 0 Å². The van der Waals surface area contributed by atoms with Crippen LogP contribution >= 0.6 is 0 Å². The molecule has 0 bridgehead atoms. The van der Waals surface area contributed by atoms with Gasteiger partial charge >= 0.3 is 0 Å². The quantitative estimate of drug-likeness (QED) is 0.903. The van der Waals surface area contributed by atoms with Gasteiger partial charge in [-0.15, -0.1) is 0 Å². The average Bonchev–Trinajstić information content (AvgIpc) is 2.82. The van der Waals surface area contributed by atoms with Crippen LogP contribution in [0.1, 0.15) is 38.3 Å². The van der Waals surface area contributed by atoms with Crippen molar-refractivity contribution in [2.45, 2.75) is 46.1 Å². The third-order valence-corrected chi connectivity index (χ3v) is 4.50. The highest BCUT2D eigenvalue weighted by Gasteiger charge is 2.22. The van der Waals surface area contributed by atoms with Gasteiger partial charge in [0.25, 0.3) is 0 Å². The van der Waals surface area contributed by atoms with Crippen molar-refractivity contribution in [2.75, 3.05) is 5.73 Å². The topological polar surface area (TPSA) is 61.7 Å². The average molecular weight is 261 g/mol. The molecular formula is C14H23N5. The molecule has 1 fully saturated rings. The van der Waals surface area contributed by atoms with Crippen LogP contribution in [0.2, 0.25) is 0 Å². The number of nitrogens with two attached hydrogens (primary N) is 1. The van der Waals surface area contributed by atoms with Gasteiger partial charge in [-0.05, 0) is 31.6 Å². The molecule has 0 radical (unpaired) electrons. The van der Waals surface area contributed by atoms with Crippen molar-refractivity contribution >= 4 is 17.1 Å². The van der Waals surface area contributed by atoms with Gasteiger partial charge < -0.3 is 5.73 Å². The number of hydrogen-bond donors (Lipinski definition) is 1. The molecule has 3 rings (SSSR count). The minimum atomic E-state index is 0.629. The summed E-state index contributed by atoms with van der Waals surface area (Å²) in [6.07, 6.45) is 5.29. The van der Waals surface area contributed by atoms with Crippen LogP contribution in [-0.4, -0.2) is 19.3 Å². The van der Waals surface area contributed by atoms with Crippen molar-refractivity contribution in [3.05, 3.63) is 5.69 Å². The number of nitrogen functional groups attached to an aromatic ring is 1. The maximum absolute atomic E-state index is 6.09. The molecule has 2 aromatic heterocycles. The number of nitrogens with zero attached hydrogens (tertiary/aromatic N) is 4. The molecule has 2 aromatic rings. The highest BCUT2D eigenvalue weighted by atomic mass is 15.3. The van der Waals surface area contributed by atoms with Crippen LogP contribution in [-0.2, 0) is 13.6 Å². The van der Waals surface area contributed by atoms with E-state index in [-0.39, 0.29) is 0 Å². The van der Waals surface area contributed by atoms with Gasteiger partial charge in [-0.25, -0.2) is 4.98 Å². The van der Waals surface area contributed by atoms with Gasteiger partial charge in [0.1, 0.15) is 5.52 Å². The minimum Gasteiger partial charge on any atom is -0.369 e. The summed E-state index contributed by atoms with van der Waals surface area (Å²) in [5.74, 6) is 2.24. The minimum absolute atomic E-state index is 0.629. The van der Waals surface area contributed by atoms with Gasteiger partial charge in [0.15, 0.2) is 5.65 Å². The molecule has 0 saturated heterocycles. The first-order chi connectivity index (χ1) is 9.06. The van der Waals surface area contributed by atoms with Gasteiger partial charge in [0.2, 0.25) is 5.95 Å². The Balaban J connectivity index is 1.90. The van der Waals surface area contributed by atoms with E-state index in [2.05, 4.69) is 21.6 Å². The Morgan fingerprint density at radius 3 is 2.63 bits per heavy atom. The van der Waals surface area contributed by atoms with Crippen LogP contribution < -0.4 is 5.73 Å². The SMILES string of the molecule is Cc1nn(C)c2c1nc(N)n2CC1CCC(C)CC1. The Hall–Kier alpha value is -1.52. The number of aryl methyl sites for hydroxylation is 2. The van der Waals surface area contributed by atoms with Crippen LogP contribution in [0.15, 0.2) is 0 Å². The molecule has 0 amide bonds. The molecule has 0 aliphatic heterocycles. The van der Waals surface area contributed by atoms with E-state index in [0.29, 0.717) is 5.95 Å². The van der Waals surface area contributed by atoms with Crippen molar-refractivity contribution in [3.63, 3.8) is 0 Å². The third kappa shape index (κ3) is 2.11. The zero-order valence-electron chi connectivity index (χ0n) is 12.1. The number of aromatic nitrogens is 4. The highest BCUT2D eigenvalue weighted by molar-refractivity contribution is 5.77. The van der Waals surface area contributed by atoms with Crippen LogP contribution in [0.5, 0.6) is 0 Å². The molecule has 1 aliphatic carbocycles. The first-order valence-corrected chi connectivity index (χ1v) is 7.21. The molecule has 104 valence electrons. The number of anilines is 1. The molecule has 1 saturated carbocycles. The second-order valence-electron chi connectivity index (χ2n) is 6.09. The predicted octanol–water partition coefficient (Wildman–Crippen LogP) is 2.49. The number of imidazole rings is 1. The smallest absolute Gasteiger partial charge is 0.202 e. The van der Waals surface area contributed by atoms with Crippen LogP contribution in [0.4, 0.5) is 5.95 Å².